The van der Waals surface area contributed by atoms with Gasteiger partial charge in [-0.05, 0) is 0 Å². The molecule has 302 valence electrons. The molecule has 0 aliphatic carbocycles. The van der Waals surface area contributed by atoms with Crippen molar-refractivity contribution < 1.29 is 27.2 Å². The van der Waals surface area contributed by atoms with Crippen LogP contribution < -0.4 is 16.4 Å². The van der Waals surface area contributed by atoms with Gasteiger partial charge in [0.05, 0.1) is 0 Å². The van der Waals surface area contributed by atoms with Crippen LogP contribution in [0.1, 0.15) is 146 Å². The summed E-state index contributed by atoms with van der Waals surface area (Å²) in [6.45, 7) is 22.8. The summed E-state index contributed by atoms with van der Waals surface area (Å²) in [5.41, 5.74) is 0. The molecule has 12 heteroatoms. The van der Waals surface area contributed by atoms with Crippen LogP contribution in [0.4, 0.5) is 0 Å². The fourth-order valence-corrected chi connectivity index (χ4v) is 56.1. The van der Waals surface area contributed by atoms with Crippen molar-refractivity contribution in [2.75, 3.05) is 26.4 Å². The zero-order valence-corrected chi connectivity index (χ0v) is 44.0. The molecule has 0 saturated heterocycles. The van der Waals surface area contributed by atoms with Crippen molar-refractivity contribution in [3.05, 3.63) is 12.1 Å². The molecule has 0 bridgehead atoms. The first-order valence-electron chi connectivity index (χ1n) is 21.1. The van der Waals surface area contributed by atoms with Gasteiger partial charge in [0.2, 0.25) is 0 Å². The average molecular weight is 1020 g/mol. The molecule has 2 rings (SSSR count). The Balaban J connectivity index is 3.20. The standard InChI is InChI=1S/C16H22O6P2S2.6C4H9.2Sn/c1-5-19-23(17,20-6-2)13-11-15(26-12-13)16-14(9-10-25-16)24(18,21-7-3)22-8-4;6*1-3-4-2;;/h9,11H,5-8H2,1-4H3;6*1,3-4H2,2H3;;. The SMILES string of the molecule is CCC[CH2][Sn]([CH2]CCC)([CH2]CCC)[c]1cc(P(=O)(OCC)OCC)c(-c2cc(P(=O)(OCC)OCC)[c]([Sn]([CH2]CCC)([CH2]CCC)[CH2]CCC)s2)s1. The van der Waals surface area contributed by atoms with Crippen molar-refractivity contribution in [3.8, 4) is 9.75 Å². The summed E-state index contributed by atoms with van der Waals surface area (Å²) in [7, 11) is -7.23. The predicted octanol–water partition coefficient (Wildman–Crippen LogP) is 13.4. The second-order valence-electron chi connectivity index (χ2n) is 14.5. The van der Waals surface area contributed by atoms with E-state index in [0.717, 1.165) is 39.6 Å². The molecule has 2 aromatic heterocycles. The third-order valence-corrected chi connectivity index (χ3v) is 54.7. The van der Waals surface area contributed by atoms with Crippen LogP contribution in [-0.4, -0.2) is 63.2 Å². The van der Waals surface area contributed by atoms with E-state index in [0.29, 0.717) is 26.4 Å². The molecule has 0 aromatic carbocycles. The van der Waals surface area contributed by atoms with Gasteiger partial charge in [0.25, 0.3) is 0 Å². The zero-order chi connectivity index (χ0) is 38.7. The molecular weight excluding hydrogens is 940 g/mol. The topological polar surface area (TPSA) is 71.1 Å². The van der Waals surface area contributed by atoms with Gasteiger partial charge in [-0.1, -0.05) is 0 Å². The maximum atomic E-state index is 15.1. The Morgan fingerprint density at radius 2 is 0.827 bits per heavy atom. The molecule has 0 radical (unpaired) electrons. The molecule has 2 heterocycles. The van der Waals surface area contributed by atoms with E-state index in [-0.39, 0.29) is 0 Å². The molecule has 0 aliphatic heterocycles. The van der Waals surface area contributed by atoms with Crippen molar-refractivity contribution in [3.63, 3.8) is 0 Å². The Bertz CT molecular complexity index is 1320. The third kappa shape index (κ3) is 13.2. The number of rotatable bonds is 31. The van der Waals surface area contributed by atoms with E-state index in [2.05, 4.69) is 53.7 Å². The van der Waals surface area contributed by atoms with Crippen molar-refractivity contribution in [2.24, 2.45) is 0 Å². The van der Waals surface area contributed by atoms with E-state index in [1.54, 1.807) is 0 Å². The summed E-state index contributed by atoms with van der Waals surface area (Å²) >= 11 is -2.41. The van der Waals surface area contributed by atoms with E-state index >= 15 is 9.13 Å². The average Bonchev–Trinajstić information content (AvgIpc) is 3.79. The van der Waals surface area contributed by atoms with Gasteiger partial charge in [-0.15, -0.1) is 0 Å². The van der Waals surface area contributed by atoms with Crippen LogP contribution in [0.15, 0.2) is 12.1 Å². The van der Waals surface area contributed by atoms with Crippen LogP contribution >= 0.6 is 37.9 Å². The summed E-state index contributed by atoms with van der Waals surface area (Å²) in [4.78, 5) is 2.08. The van der Waals surface area contributed by atoms with Crippen molar-refractivity contribution in [1.29, 1.82) is 0 Å². The Kier molecular flexibility index (Phi) is 24.4. The monoisotopic (exact) mass is 1020 g/mol. The Morgan fingerprint density at radius 1 is 0.481 bits per heavy atom. The summed E-state index contributed by atoms with van der Waals surface area (Å²) in [5.74, 6) is 0. The molecule has 52 heavy (non-hydrogen) atoms. The van der Waals surface area contributed by atoms with Crippen LogP contribution in [0.3, 0.4) is 0 Å². The van der Waals surface area contributed by atoms with Crippen LogP contribution in [0.5, 0.6) is 0 Å². The molecule has 2 aromatic rings. The molecule has 0 saturated carbocycles. The zero-order valence-electron chi connectivity index (χ0n) is 34.9. The normalized spacial score (nSPS) is 13.0. The fraction of sp³-hybridized carbons (Fsp3) is 0.800. The third-order valence-electron chi connectivity index (χ3n) is 10.5. The van der Waals surface area contributed by atoms with Crippen molar-refractivity contribution in [1.82, 2.24) is 0 Å². The van der Waals surface area contributed by atoms with E-state index in [1.165, 1.54) is 90.2 Å². The molecular formula is C40H76O6P2S2Sn2. The molecule has 0 aliphatic rings. The first-order valence-corrected chi connectivity index (χ1v) is 40.8. The number of thiophene rings is 2. The molecule has 0 N–H and O–H groups in total. The molecule has 0 spiro atoms. The minimum atomic E-state index is -3.63. The van der Waals surface area contributed by atoms with Gasteiger partial charge in [0.1, 0.15) is 0 Å². The number of unbranched alkanes of at least 4 members (excludes halogenated alkanes) is 6. The molecule has 0 atom stereocenters. The summed E-state index contributed by atoms with van der Waals surface area (Å²) in [6.07, 6.45) is 14.4. The van der Waals surface area contributed by atoms with Gasteiger partial charge in [-0.25, -0.2) is 0 Å². The van der Waals surface area contributed by atoms with Crippen LogP contribution in [-0.2, 0) is 27.2 Å². The number of hydrogen-bond donors (Lipinski definition) is 0. The van der Waals surface area contributed by atoms with Crippen LogP contribution in [0.2, 0.25) is 26.6 Å². The Labute approximate surface area is 336 Å². The van der Waals surface area contributed by atoms with Gasteiger partial charge in [-0.2, -0.15) is 0 Å². The number of hydrogen-bond acceptors (Lipinski definition) is 8. The molecule has 0 unspecified atom stereocenters. The van der Waals surface area contributed by atoms with Gasteiger partial charge in [0, 0.05) is 0 Å². The Hall–Kier alpha value is 1.30. The molecule has 6 nitrogen and oxygen atoms in total. The molecule has 0 amide bonds. The van der Waals surface area contributed by atoms with Crippen LogP contribution in [0, 0.1) is 0 Å². The van der Waals surface area contributed by atoms with E-state index in [1.807, 2.05) is 50.4 Å². The van der Waals surface area contributed by atoms with Gasteiger partial charge in [-0.3, -0.25) is 0 Å². The van der Waals surface area contributed by atoms with Gasteiger partial charge >= 0.3 is 339 Å². The summed E-state index contributed by atoms with van der Waals surface area (Å²) in [5, 5.41) is 1.55. The Morgan fingerprint density at radius 3 is 1.17 bits per heavy atom. The quantitative estimate of drug-likeness (QED) is 0.0554. The van der Waals surface area contributed by atoms with Crippen molar-refractivity contribution in [2.45, 2.75) is 173 Å². The van der Waals surface area contributed by atoms with E-state index < -0.39 is 51.9 Å². The predicted molar refractivity (Wildman–Crippen MR) is 238 cm³/mol. The van der Waals surface area contributed by atoms with Crippen molar-refractivity contribution >= 4 is 91.0 Å². The molecule has 0 fully saturated rings. The first kappa shape index (κ1) is 49.4. The van der Waals surface area contributed by atoms with Crippen LogP contribution in [0.25, 0.3) is 9.75 Å². The second-order valence-corrected chi connectivity index (χ2v) is 48.8. The van der Waals surface area contributed by atoms with E-state index in [9.17, 15) is 0 Å². The maximum absolute atomic E-state index is 15.1. The summed E-state index contributed by atoms with van der Waals surface area (Å²) < 4.78 is 65.4. The van der Waals surface area contributed by atoms with Gasteiger partial charge < -0.3 is 0 Å². The fourth-order valence-electron chi connectivity index (χ4n) is 7.68. The van der Waals surface area contributed by atoms with E-state index in [4.69, 9.17) is 18.1 Å². The minimum absolute atomic E-state index is 0.313. The van der Waals surface area contributed by atoms with Gasteiger partial charge in [0.15, 0.2) is 0 Å². The summed E-state index contributed by atoms with van der Waals surface area (Å²) in [6, 6.07) is 4.49. The second kappa shape index (κ2) is 25.6. The first-order chi connectivity index (χ1) is 25.0.